The predicted octanol–water partition coefficient (Wildman–Crippen LogP) is 1.69. The number of amides is 3. The lowest BCUT2D eigenvalue weighted by molar-refractivity contribution is -0.148. The predicted molar refractivity (Wildman–Crippen MR) is 108 cm³/mol. The van der Waals surface area contributed by atoms with E-state index in [-0.39, 0.29) is 17.3 Å². The number of hydrogen-bond donors (Lipinski definition) is 3. The van der Waals surface area contributed by atoms with Gasteiger partial charge in [-0.3, -0.25) is 19.4 Å². The Morgan fingerprint density at radius 1 is 1.21 bits per heavy atom. The van der Waals surface area contributed by atoms with Gasteiger partial charge >= 0.3 is 11.8 Å². The van der Waals surface area contributed by atoms with Crippen molar-refractivity contribution < 1.29 is 19.5 Å². The summed E-state index contributed by atoms with van der Waals surface area (Å²) >= 11 is 0. The molecule has 1 aliphatic heterocycles. The standard InChI is InChI=1S/C21H30N4O4/c1-13-3-4-17(14-5-7-21(2,29)8-6-14)25(12-13)20(28)19(27)24-16-9-15(18(22)26)10-23-11-16/h9-11,13-14,17,29H,3-8,12H2,1-2H3,(H2,22,26)(H,24,27)/t13-,14?,17+,21?/m1/s1. The Hall–Kier alpha value is -2.48. The van der Waals surface area contributed by atoms with Crippen molar-refractivity contribution >= 4 is 23.4 Å². The number of aliphatic hydroxyl groups is 1. The third-order valence-electron chi connectivity index (χ3n) is 6.25. The van der Waals surface area contributed by atoms with E-state index in [4.69, 9.17) is 5.73 Å². The number of rotatable bonds is 3. The molecule has 0 bridgehead atoms. The van der Waals surface area contributed by atoms with E-state index in [0.29, 0.717) is 31.2 Å². The molecule has 158 valence electrons. The molecule has 1 aromatic rings. The zero-order valence-electron chi connectivity index (χ0n) is 17.1. The number of hydrogen-bond acceptors (Lipinski definition) is 5. The summed E-state index contributed by atoms with van der Waals surface area (Å²) in [6.07, 6.45) is 7.69. The molecule has 4 N–H and O–H groups in total. The van der Waals surface area contributed by atoms with Crippen LogP contribution in [0.15, 0.2) is 18.5 Å². The van der Waals surface area contributed by atoms with Crippen LogP contribution >= 0.6 is 0 Å². The number of pyridine rings is 1. The number of aromatic nitrogens is 1. The van der Waals surface area contributed by atoms with Crippen molar-refractivity contribution in [3.8, 4) is 0 Å². The van der Waals surface area contributed by atoms with E-state index in [0.717, 1.165) is 25.7 Å². The van der Waals surface area contributed by atoms with Gasteiger partial charge in [-0.2, -0.15) is 0 Å². The molecule has 0 unspecified atom stereocenters. The Morgan fingerprint density at radius 2 is 1.90 bits per heavy atom. The smallest absolute Gasteiger partial charge is 0.313 e. The second kappa shape index (κ2) is 8.49. The highest BCUT2D eigenvalue weighted by molar-refractivity contribution is 6.39. The number of nitrogens with one attached hydrogen (secondary N) is 1. The molecule has 0 radical (unpaired) electrons. The average molecular weight is 402 g/mol. The number of piperidine rings is 1. The molecule has 8 heteroatoms. The van der Waals surface area contributed by atoms with Crippen molar-refractivity contribution in [1.29, 1.82) is 0 Å². The third kappa shape index (κ3) is 5.12. The van der Waals surface area contributed by atoms with Crippen molar-refractivity contribution in [3.05, 3.63) is 24.0 Å². The van der Waals surface area contributed by atoms with Gasteiger partial charge in [-0.05, 0) is 63.4 Å². The Kier molecular flexibility index (Phi) is 6.21. The maximum atomic E-state index is 13.0. The number of carbonyl (C=O) groups excluding carboxylic acids is 3. The lowest BCUT2D eigenvalue weighted by Crippen LogP contribution is -2.54. The van der Waals surface area contributed by atoms with E-state index in [1.165, 1.54) is 18.5 Å². The van der Waals surface area contributed by atoms with Crippen LogP contribution in [0, 0.1) is 11.8 Å². The second-order valence-corrected chi connectivity index (χ2v) is 8.82. The first-order valence-electron chi connectivity index (χ1n) is 10.3. The van der Waals surface area contributed by atoms with Crippen LogP contribution in [0.1, 0.15) is 62.7 Å². The highest BCUT2D eigenvalue weighted by atomic mass is 16.3. The molecule has 8 nitrogen and oxygen atoms in total. The molecule has 1 saturated heterocycles. The summed E-state index contributed by atoms with van der Waals surface area (Å²) in [7, 11) is 0. The van der Waals surface area contributed by atoms with Gasteiger partial charge in [0.1, 0.15) is 0 Å². The van der Waals surface area contributed by atoms with E-state index in [1.54, 1.807) is 4.90 Å². The topological polar surface area (TPSA) is 126 Å². The summed E-state index contributed by atoms with van der Waals surface area (Å²) in [5.41, 5.74) is 5.03. The zero-order chi connectivity index (χ0) is 21.2. The van der Waals surface area contributed by atoms with Crippen LogP contribution in [0.25, 0.3) is 0 Å². The molecular weight excluding hydrogens is 372 g/mol. The maximum absolute atomic E-state index is 13.0. The van der Waals surface area contributed by atoms with Gasteiger partial charge in [0, 0.05) is 18.8 Å². The molecule has 3 amide bonds. The molecule has 1 aliphatic carbocycles. The molecule has 2 atom stereocenters. The Labute approximate surface area is 170 Å². The number of likely N-dealkylation sites (tertiary alicyclic amines) is 1. The molecule has 29 heavy (non-hydrogen) atoms. The highest BCUT2D eigenvalue weighted by Gasteiger charge is 2.40. The summed E-state index contributed by atoms with van der Waals surface area (Å²) in [6, 6.07) is 1.41. The summed E-state index contributed by atoms with van der Waals surface area (Å²) < 4.78 is 0. The monoisotopic (exact) mass is 402 g/mol. The first kappa shape index (κ1) is 21.2. The SMILES string of the molecule is C[C@@H]1CC[C@@H](C2CCC(C)(O)CC2)N(C(=O)C(=O)Nc2cncc(C(N)=O)c2)C1. The van der Waals surface area contributed by atoms with Gasteiger partial charge in [-0.1, -0.05) is 6.92 Å². The van der Waals surface area contributed by atoms with Crippen molar-refractivity contribution in [1.82, 2.24) is 9.88 Å². The van der Waals surface area contributed by atoms with Crippen LogP contribution in [0.4, 0.5) is 5.69 Å². The van der Waals surface area contributed by atoms with E-state index >= 15 is 0 Å². The van der Waals surface area contributed by atoms with Crippen LogP contribution in [0.2, 0.25) is 0 Å². The fourth-order valence-corrected chi connectivity index (χ4v) is 4.50. The molecule has 0 aromatic carbocycles. The molecule has 1 aromatic heterocycles. The molecule has 2 fully saturated rings. The van der Waals surface area contributed by atoms with Gasteiger partial charge in [0.05, 0.1) is 23.0 Å². The van der Waals surface area contributed by atoms with E-state index in [2.05, 4.69) is 17.2 Å². The van der Waals surface area contributed by atoms with Crippen molar-refractivity contribution in [2.24, 2.45) is 17.6 Å². The Bertz CT molecular complexity index is 785. The van der Waals surface area contributed by atoms with Crippen molar-refractivity contribution in [2.45, 2.75) is 64.0 Å². The van der Waals surface area contributed by atoms with Gasteiger partial charge in [0.2, 0.25) is 5.91 Å². The lowest BCUT2D eigenvalue weighted by atomic mass is 9.74. The highest BCUT2D eigenvalue weighted by Crippen LogP contribution is 2.38. The number of anilines is 1. The van der Waals surface area contributed by atoms with Gasteiger partial charge in [0.25, 0.3) is 0 Å². The van der Waals surface area contributed by atoms with Gasteiger partial charge in [0.15, 0.2) is 0 Å². The first-order chi connectivity index (χ1) is 13.7. The van der Waals surface area contributed by atoms with E-state index in [9.17, 15) is 19.5 Å². The summed E-state index contributed by atoms with van der Waals surface area (Å²) in [5, 5.41) is 12.8. The quantitative estimate of drug-likeness (QED) is 0.663. The van der Waals surface area contributed by atoms with Gasteiger partial charge in [-0.15, -0.1) is 0 Å². The Morgan fingerprint density at radius 3 is 2.55 bits per heavy atom. The zero-order valence-corrected chi connectivity index (χ0v) is 17.1. The van der Waals surface area contributed by atoms with Crippen LogP contribution in [-0.2, 0) is 9.59 Å². The van der Waals surface area contributed by atoms with Crippen LogP contribution in [0.3, 0.4) is 0 Å². The fourth-order valence-electron chi connectivity index (χ4n) is 4.50. The lowest BCUT2D eigenvalue weighted by Gasteiger charge is -2.45. The second-order valence-electron chi connectivity index (χ2n) is 8.82. The van der Waals surface area contributed by atoms with Crippen LogP contribution in [-0.4, -0.2) is 50.9 Å². The molecular formula is C21H30N4O4. The maximum Gasteiger partial charge on any atom is 0.313 e. The summed E-state index contributed by atoms with van der Waals surface area (Å²) in [4.78, 5) is 42.5. The molecule has 1 saturated carbocycles. The van der Waals surface area contributed by atoms with E-state index in [1.807, 2.05) is 6.92 Å². The summed E-state index contributed by atoms with van der Waals surface area (Å²) in [5.74, 6) is -1.34. The minimum atomic E-state index is -0.740. The van der Waals surface area contributed by atoms with Crippen molar-refractivity contribution in [2.75, 3.05) is 11.9 Å². The third-order valence-corrected chi connectivity index (χ3v) is 6.25. The van der Waals surface area contributed by atoms with Gasteiger partial charge < -0.3 is 21.1 Å². The van der Waals surface area contributed by atoms with Crippen LogP contribution in [0.5, 0.6) is 0 Å². The van der Waals surface area contributed by atoms with Crippen molar-refractivity contribution in [3.63, 3.8) is 0 Å². The summed E-state index contributed by atoms with van der Waals surface area (Å²) in [6.45, 7) is 4.49. The minimum absolute atomic E-state index is 0.00984. The number of primary amides is 1. The van der Waals surface area contributed by atoms with Gasteiger partial charge in [-0.25, -0.2) is 0 Å². The number of nitrogens with two attached hydrogens (primary N) is 1. The number of nitrogens with zero attached hydrogens (tertiary/aromatic N) is 2. The largest absolute Gasteiger partial charge is 0.390 e. The minimum Gasteiger partial charge on any atom is -0.390 e. The molecule has 0 spiro atoms. The number of carbonyl (C=O) groups is 3. The van der Waals surface area contributed by atoms with E-state index < -0.39 is 23.3 Å². The fraction of sp³-hybridized carbons (Fsp3) is 0.619. The average Bonchev–Trinajstić information content (AvgIpc) is 2.68. The molecule has 2 aliphatic rings. The molecule has 2 heterocycles. The molecule has 3 rings (SSSR count). The Balaban J connectivity index is 1.71. The van der Waals surface area contributed by atoms with Crippen LogP contribution < -0.4 is 11.1 Å². The normalized spacial score (nSPS) is 29.9. The first-order valence-corrected chi connectivity index (χ1v) is 10.3.